The Bertz CT molecular complexity index is 625. The van der Waals surface area contributed by atoms with Gasteiger partial charge in [-0.25, -0.2) is 4.98 Å². The van der Waals surface area contributed by atoms with Gasteiger partial charge in [0.15, 0.2) is 0 Å². The van der Waals surface area contributed by atoms with Crippen molar-refractivity contribution in [3.05, 3.63) is 47.3 Å². The van der Waals surface area contributed by atoms with Gasteiger partial charge < -0.3 is 9.88 Å². The van der Waals surface area contributed by atoms with Crippen molar-refractivity contribution in [2.24, 2.45) is 0 Å². The van der Waals surface area contributed by atoms with Gasteiger partial charge >= 0.3 is 0 Å². The van der Waals surface area contributed by atoms with Crippen molar-refractivity contribution in [1.82, 2.24) is 9.55 Å². The predicted octanol–water partition coefficient (Wildman–Crippen LogP) is 3.50. The quantitative estimate of drug-likeness (QED) is 0.922. The van der Waals surface area contributed by atoms with E-state index >= 15 is 0 Å². The third-order valence-electron chi connectivity index (χ3n) is 4.48. The molecule has 104 valence electrons. The first-order valence-corrected chi connectivity index (χ1v) is 7.68. The summed E-state index contributed by atoms with van der Waals surface area (Å²) in [5, 5.41) is 3.58. The van der Waals surface area contributed by atoms with Crippen LogP contribution in [0.4, 0.5) is 5.95 Å². The molecule has 0 radical (unpaired) electrons. The first kappa shape index (κ1) is 12.0. The zero-order valence-corrected chi connectivity index (χ0v) is 12.0. The van der Waals surface area contributed by atoms with E-state index < -0.39 is 0 Å². The summed E-state index contributed by atoms with van der Waals surface area (Å²) < 4.78 is 2.38. The molecule has 3 nitrogen and oxygen atoms in total. The number of imidazole rings is 1. The summed E-state index contributed by atoms with van der Waals surface area (Å²) in [6.45, 7) is 2.09. The third-order valence-corrected chi connectivity index (χ3v) is 4.48. The van der Waals surface area contributed by atoms with Crippen LogP contribution in [0.25, 0.3) is 0 Å². The Morgan fingerprint density at radius 1 is 1.15 bits per heavy atom. The van der Waals surface area contributed by atoms with E-state index in [9.17, 15) is 0 Å². The lowest BCUT2D eigenvalue weighted by atomic mass is 9.88. The van der Waals surface area contributed by atoms with Crippen LogP contribution in [-0.2, 0) is 12.8 Å². The van der Waals surface area contributed by atoms with E-state index in [0.717, 1.165) is 18.1 Å². The molecule has 2 aliphatic carbocycles. The molecule has 1 saturated carbocycles. The van der Waals surface area contributed by atoms with Gasteiger partial charge in [0.2, 0.25) is 5.95 Å². The predicted molar refractivity (Wildman–Crippen MR) is 81.1 cm³/mol. The Labute approximate surface area is 120 Å². The maximum Gasteiger partial charge on any atom is 0.203 e. The first-order valence-electron chi connectivity index (χ1n) is 7.68. The number of fused-ring (bicyclic) bond motifs is 1. The van der Waals surface area contributed by atoms with E-state index in [-0.39, 0.29) is 0 Å². The fourth-order valence-corrected chi connectivity index (χ4v) is 3.23. The number of nitrogens with one attached hydrogen (secondary N) is 1. The molecule has 0 spiro atoms. The van der Waals surface area contributed by atoms with E-state index in [2.05, 4.69) is 52.3 Å². The third kappa shape index (κ3) is 2.21. The van der Waals surface area contributed by atoms with Crippen molar-refractivity contribution in [2.45, 2.75) is 51.1 Å². The standard InChI is InChI=1S/C17H21N3/c1-12-11-20(17(18-12)19-15-7-8-15)16-9-6-13-4-2-3-5-14(13)10-16/h2-5,11,15-16H,6-10H2,1H3,(H,18,19). The Balaban J connectivity index is 1.62. The maximum atomic E-state index is 4.67. The van der Waals surface area contributed by atoms with Gasteiger partial charge in [-0.2, -0.15) is 0 Å². The second-order valence-corrected chi connectivity index (χ2v) is 6.20. The Hall–Kier alpha value is -1.77. The van der Waals surface area contributed by atoms with Gasteiger partial charge in [0, 0.05) is 18.3 Å². The molecule has 1 aromatic heterocycles. The summed E-state index contributed by atoms with van der Waals surface area (Å²) in [7, 11) is 0. The van der Waals surface area contributed by atoms with Crippen LogP contribution in [0.5, 0.6) is 0 Å². The molecule has 1 atom stereocenters. The molecule has 2 aromatic rings. The minimum Gasteiger partial charge on any atom is -0.353 e. The number of benzene rings is 1. The van der Waals surface area contributed by atoms with E-state index in [4.69, 9.17) is 0 Å². The molecule has 1 N–H and O–H groups in total. The molecular weight excluding hydrogens is 246 g/mol. The fourth-order valence-electron chi connectivity index (χ4n) is 3.23. The molecule has 2 aliphatic rings. The summed E-state index contributed by atoms with van der Waals surface area (Å²) in [6, 6.07) is 10.1. The van der Waals surface area contributed by atoms with Gasteiger partial charge in [-0.3, -0.25) is 0 Å². The van der Waals surface area contributed by atoms with Crippen molar-refractivity contribution in [3.63, 3.8) is 0 Å². The van der Waals surface area contributed by atoms with Crippen LogP contribution < -0.4 is 5.32 Å². The van der Waals surface area contributed by atoms with Gasteiger partial charge in [0.1, 0.15) is 0 Å². The van der Waals surface area contributed by atoms with Crippen LogP contribution in [0.1, 0.15) is 42.1 Å². The number of nitrogens with zero attached hydrogens (tertiary/aromatic N) is 2. The Kier molecular flexibility index (Phi) is 2.79. The lowest BCUT2D eigenvalue weighted by Crippen LogP contribution is -2.20. The summed E-state index contributed by atoms with van der Waals surface area (Å²) in [5.41, 5.74) is 4.15. The number of anilines is 1. The van der Waals surface area contributed by atoms with Crippen molar-refractivity contribution in [3.8, 4) is 0 Å². The molecule has 1 heterocycles. The highest BCUT2D eigenvalue weighted by molar-refractivity contribution is 5.35. The topological polar surface area (TPSA) is 29.9 Å². The van der Waals surface area contributed by atoms with Crippen molar-refractivity contribution in [1.29, 1.82) is 0 Å². The largest absolute Gasteiger partial charge is 0.353 e. The van der Waals surface area contributed by atoms with E-state index in [1.807, 2.05) is 0 Å². The average Bonchev–Trinajstić information content (AvgIpc) is 3.20. The van der Waals surface area contributed by atoms with Gasteiger partial charge in [0.25, 0.3) is 0 Å². The molecular formula is C17H21N3. The molecule has 1 fully saturated rings. The van der Waals surface area contributed by atoms with Crippen molar-refractivity contribution < 1.29 is 0 Å². The van der Waals surface area contributed by atoms with Crippen LogP contribution in [-0.4, -0.2) is 15.6 Å². The lowest BCUT2D eigenvalue weighted by molar-refractivity contribution is 0.445. The number of hydrogen-bond acceptors (Lipinski definition) is 2. The molecule has 0 bridgehead atoms. The van der Waals surface area contributed by atoms with Gasteiger partial charge in [-0.15, -0.1) is 0 Å². The average molecular weight is 267 g/mol. The summed E-state index contributed by atoms with van der Waals surface area (Å²) in [5.74, 6) is 1.08. The number of hydrogen-bond donors (Lipinski definition) is 1. The molecule has 0 amide bonds. The highest BCUT2D eigenvalue weighted by Crippen LogP contribution is 2.32. The maximum absolute atomic E-state index is 4.67. The highest BCUT2D eigenvalue weighted by atomic mass is 15.2. The molecule has 0 saturated heterocycles. The van der Waals surface area contributed by atoms with Gasteiger partial charge in [-0.1, -0.05) is 24.3 Å². The monoisotopic (exact) mass is 267 g/mol. The summed E-state index contributed by atoms with van der Waals surface area (Å²) >= 11 is 0. The minimum absolute atomic E-state index is 0.548. The van der Waals surface area contributed by atoms with Crippen LogP contribution in [0.15, 0.2) is 30.5 Å². The van der Waals surface area contributed by atoms with Crippen LogP contribution in [0.2, 0.25) is 0 Å². The number of aromatic nitrogens is 2. The van der Waals surface area contributed by atoms with Crippen molar-refractivity contribution >= 4 is 5.95 Å². The minimum atomic E-state index is 0.548. The van der Waals surface area contributed by atoms with Crippen LogP contribution >= 0.6 is 0 Å². The second-order valence-electron chi connectivity index (χ2n) is 6.20. The lowest BCUT2D eigenvalue weighted by Gasteiger charge is -2.27. The molecule has 20 heavy (non-hydrogen) atoms. The van der Waals surface area contributed by atoms with Crippen LogP contribution in [0.3, 0.4) is 0 Å². The summed E-state index contributed by atoms with van der Waals surface area (Å²) in [4.78, 5) is 4.67. The van der Waals surface area contributed by atoms with E-state index in [1.54, 1.807) is 0 Å². The molecule has 1 aromatic carbocycles. The number of aryl methyl sites for hydroxylation is 2. The van der Waals surface area contributed by atoms with Crippen LogP contribution in [0, 0.1) is 6.92 Å². The van der Waals surface area contributed by atoms with E-state index in [1.165, 1.54) is 36.8 Å². The number of rotatable bonds is 3. The Morgan fingerprint density at radius 2 is 1.95 bits per heavy atom. The zero-order valence-electron chi connectivity index (χ0n) is 12.0. The Morgan fingerprint density at radius 3 is 2.75 bits per heavy atom. The second kappa shape index (κ2) is 4.65. The highest BCUT2D eigenvalue weighted by Gasteiger charge is 2.26. The normalized spacial score (nSPS) is 21.6. The smallest absolute Gasteiger partial charge is 0.203 e. The fraction of sp³-hybridized carbons (Fsp3) is 0.471. The first-order chi connectivity index (χ1) is 9.79. The van der Waals surface area contributed by atoms with E-state index in [0.29, 0.717) is 12.1 Å². The molecule has 4 rings (SSSR count). The molecule has 3 heteroatoms. The van der Waals surface area contributed by atoms with Crippen molar-refractivity contribution in [2.75, 3.05) is 5.32 Å². The van der Waals surface area contributed by atoms with Gasteiger partial charge in [-0.05, 0) is 50.2 Å². The summed E-state index contributed by atoms with van der Waals surface area (Å²) in [6.07, 6.45) is 8.32. The molecule has 0 aliphatic heterocycles. The SMILES string of the molecule is Cc1cn(C2CCc3ccccc3C2)c(NC2CC2)n1. The van der Waals surface area contributed by atoms with Gasteiger partial charge in [0.05, 0.1) is 5.69 Å². The zero-order chi connectivity index (χ0) is 13.5. The molecule has 1 unspecified atom stereocenters.